The van der Waals surface area contributed by atoms with E-state index in [-0.39, 0.29) is 18.9 Å². The van der Waals surface area contributed by atoms with E-state index in [2.05, 4.69) is 10.9 Å². The van der Waals surface area contributed by atoms with Gasteiger partial charge >= 0.3 is 5.76 Å². The summed E-state index contributed by atoms with van der Waals surface area (Å²) in [5.74, 6) is -0.796. The molecule has 0 atom stereocenters. The van der Waals surface area contributed by atoms with Gasteiger partial charge in [-0.2, -0.15) is 0 Å². The Morgan fingerprint density at radius 1 is 1.14 bits per heavy atom. The first kappa shape index (κ1) is 20.5. The summed E-state index contributed by atoms with van der Waals surface area (Å²) in [5.41, 5.74) is 6.60. The van der Waals surface area contributed by atoms with Gasteiger partial charge in [-0.05, 0) is 49.2 Å². The van der Waals surface area contributed by atoms with Gasteiger partial charge in [-0.15, -0.1) is 0 Å². The lowest BCUT2D eigenvalue weighted by Gasteiger charge is -2.10. The molecule has 1 aromatic heterocycles. The topological polar surface area (TPSA) is 103 Å². The SMILES string of the molecule is Cc1cc(Cl)ccc1OCC(=O)NNC(=O)CCCn1c(=O)oc2ccccc21. The lowest BCUT2D eigenvalue weighted by atomic mass is 10.2. The van der Waals surface area contributed by atoms with Gasteiger partial charge in [0.15, 0.2) is 12.2 Å². The first-order chi connectivity index (χ1) is 13.9. The van der Waals surface area contributed by atoms with Crippen LogP contribution in [0.3, 0.4) is 0 Å². The van der Waals surface area contributed by atoms with Crippen molar-refractivity contribution in [1.29, 1.82) is 0 Å². The number of rotatable bonds is 7. The van der Waals surface area contributed by atoms with Crippen LogP contribution in [-0.4, -0.2) is 23.0 Å². The van der Waals surface area contributed by atoms with Gasteiger partial charge in [-0.25, -0.2) is 4.79 Å². The van der Waals surface area contributed by atoms with E-state index >= 15 is 0 Å². The Labute approximate surface area is 171 Å². The standard InChI is InChI=1S/C20H20ClN3O5/c1-13-11-14(21)8-9-16(13)28-12-19(26)23-22-18(25)7-4-10-24-15-5-2-3-6-17(15)29-20(24)27/h2-3,5-6,8-9,11H,4,7,10,12H2,1H3,(H,22,25)(H,23,26). The van der Waals surface area contributed by atoms with E-state index in [1.165, 1.54) is 4.57 Å². The number of carbonyl (C=O) groups is 2. The highest BCUT2D eigenvalue weighted by atomic mass is 35.5. The first-order valence-corrected chi connectivity index (χ1v) is 9.37. The zero-order valence-electron chi connectivity index (χ0n) is 15.7. The lowest BCUT2D eigenvalue weighted by Crippen LogP contribution is -2.43. The van der Waals surface area contributed by atoms with E-state index < -0.39 is 11.7 Å². The van der Waals surface area contributed by atoms with Crippen LogP contribution in [0.1, 0.15) is 18.4 Å². The van der Waals surface area contributed by atoms with Crippen molar-refractivity contribution < 1.29 is 18.7 Å². The molecular weight excluding hydrogens is 398 g/mol. The molecule has 3 rings (SSSR count). The fourth-order valence-corrected chi connectivity index (χ4v) is 3.01. The van der Waals surface area contributed by atoms with Crippen LogP contribution in [-0.2, 0) is 16.1 Å². The summed E-state index contributed by atoms with van der Waals surface area (Å²) in [6, 6.07) is 12.1. The number of fused-ring (bicyclic) bond motifs is 1. The monoisotopic (exact) mass is 417 g/mol. The number of carbonyl (C=O) groups excluding carboxylic acids is 2. The molecule has 0 aliphatic rings. The highest BCUT2D eigenvalue weighted by Crippen LogP contribution is 2.21. The zero-order chi connectivity index (χ0) is 20.8. The van der Waals surface area contributed by atoms with Crippen molar-refractivity contribution in [2.45, 2.75) is 26.3 Å². The molecule has 0 unspecified atom stereocenters. The van der Waals surface area contributed by atoms with Gasteiger partial charge in [-0.3, -0.25) is 25.0 Å². The Hall–Kier alpha value is -3.26. The van der Waals surface area contributed by atoms with Crippen LogP contribution >= 0.6 is 11.6 Å². The van der Waals surface area contributed by atoms with E-state index in [9.17, 15) is 14.4 Å². The third-order valence-electron chi connectivity index (χ3n) is 4.20. The quantitative estimate of drug-likeness (QED) is 0.575. The van der Waals surface area contributed by atoms with Crippen molar-refractivity contribution >= 4 is 34.5 Å². The number of para-hydroxylation sites is 2. The third-order valence-corrected chi connectivity index (χ3v) is 4.43. The first-order valence-electron chi connectivity index (χ1n) is 8.99. The third kappa shape index (κ3) is 5.39. The molecule has 0 fully saturated rings. The maximum atomic E-state index is 11.9. The second-order valence-electron chi connectivity index (χ2n) is 6.39. The van der Waals surface area contributed by atoms with Crippen molar-refractivity contribution in [3.05, 3.63) is 63.6 Å². The number of ether oxygens (including phenoxy) is 1. The number of nitrogens with one attached hydrogen (secondary N) is 2. The maximum Gasteiger partial charge on any atom is 0.419 e. The summed E-state index contributed by atoms with van der Waals surface area (Å²) in [7, 11) is 0. The molecule has 0 radical (unpaired) electrons. The molecular formula is C20H20ClN3O5. The Morgan fingerprint density at radius 3 is 2.69 bits per heavy atom. The Balaban J connectivity index is 1.40. The van der Waals surface area contributed by atoms with Crippen LogP contribution in [0.15, 0.2) is 51.7 Å². The minimum Gasteiger partial charge on any atom is -0.483 e. The second kappa shape index (κ2) is 9.29. The molecule has 8 nitrogen and oxygen atoms in total. The Morgan fingerprint density at radius 2 is 1.90 bits per heavy atom. The number of halogens is 1. The van der Waals surface area contributed by atoms with E-state index in [4.69, 9.17) is 20.8 Å². The van der Waals surface area contributed by atoms with Crippen LogP contribution < -0.4 is 21.3 Å². The summed E-state index contributed by atoms with van der Waals surface area (Å²) >= 11 is 5.87. The molecule has 3 aromatic rings. The van der Waals surface area contributed by atoms with Crippen molar-refractivity contribution in [2.24, 2.45) is 0 Å². The molecule has 152 valence electrons. The number of hydrazine groups is 1. The molecule has 0 spiro atoms. The van der Waals surface area contributed by atoms with Crippen LogP contribution in [0.2, 0.25) is 5.02 Å². The van der Waals surface area contributed by atoms with Gasteiger partial charge in [0.25, 0.3) is 5.91 Å². The Kier molecular flexibility index (Phi) is 6.56. The van der Waals surface area contributed by atoms with Crippen LogP contribution in [0, 0.1) is 6.92 Å². The average molecular weight is 418 g/mol. The largest absolute Gasteiger partial charge is 0.483 e. The number of benzene rings is 2. The smallest absolute Gasteiger partial charge is 0.419 e. The zero-order valence-corrected chi connectivity index (χ0v) is 16.5. The number of hydrogen-bond donors (Lipinski definition) is 2. The molecule has 1 heterocycles. The fraction of sp³-hybridized carbons (Fsp3) is 0.250. The molecule has 9 heteroatoms. The van der Waals surface area contributed by atoms with Gasteiger partial charge in [0, 0.05) is 18.0 Å². The Bertz CT molecular complexity index is 1090. The molecule has 2 aromatic carbocycles. The van der Waals surface area contributed by atoms with Crippen LogP contribution in [0.4, 0.5) is 0 Å². The van der Waals surface area contributed by atoms with E-state index in [0.29, 0.717) is 34.8 Å². The van der Waals surface area contributed by atoms with Gasteiger partial charge in [0.1, 0.15) is 5.75 Å². The second-order valence-corrected chi connectivity index (χ2v) is 6.82. The minimum atomic E-state index is -0.496. The molecule has 29 heavy (non-hydrogen) atoms. The van der Waals surface area contributed by atoms with Gasteiger partial charge in [0.2, 0.25) is 5.91 Å². The highest BCUT2D eigenvalue weighted by molar-refractivity contribution is 6.30. The minimum absolute atomic E-state index is 0.128. The average Bonchev–Trinajstić information content (AvgIpc) is 3.01. The van der Waals surface area contributed by atoms with E-state index in [1.54, 1.807) is 36.4 Å². The molecule has 0 aliphatic carbocycles. The van der Waals surface area contributed by atoms with Crippen LogP contribution in [0.5, 0.6) is 5.75 Å². The summed E-state index contributed by atoms with van der Waals surface area (Å²) in [6.07, 6.45) is 0.537. The summed E-state index contributed by atoms with van der Waals surface area (Å²) in [5, 5.41) is 0.581. The molecule has 0 bridgehead atoms. The molecule has 2 amide bonds. The number of hydrogen-bond acceptors (Lipinski definition) is 5. The lowest BCUT2D eigenvalue weighted by molar-refractivity contribution is -0.130. The number of aryl methyl sites for hydroxylation is 2. The van der Waals surface area contributed by atoms with Gasteiger partial charge < -0.3 is 9.15 Å². The molecule has 2 N–H and O–H groups in total. The van der Waals surface area contributed by atoms with Crippen molar-refractivity contribution in [3.8, 4) is 5.75 Å². The summed E-state index contributed by atoms with van der Waals surface area (Å²) in [6.45, 7) is 1.89. The molecule has 0 saturated heterocycles. The number of amides is 2. The fourth-order valence-electron chi connectivity index (χ4n) is 2.78. The molecule has 0 aliphatic heterocycles. The van der Waals surface area contributed by atoms with Crippen molar-refractivity contribution in [2.75, 3.05) is 6.61 Å². The van der Waals surface area contributed by atoms with Crippen LogP contribution in [0.25, 0.3) is 11.1 Å². The predicted octanol–water partition coefficient (Wildman–Crippen LogP) is 2.56. The number of aromatic nitrogens is 1. The predicted molar refractivity (Wildman–Crippen MR) is 108 cm³/mol. The van der Waals surface area contributed by atoms with Crippen molar-refractivity contribution in [1.82, 2.24) is 15.4 Å². The molecule has 0 saturated carbocycles. The number of oxazole rings is 1. The number of nitrogens with zero attached hydrogens (tertiary/aromatic N) is 1. The highest BCUT2D eigenvalue weighted by Gasteiger charge is 2.10. The van der Waals surface area contributed by atoms with E-state index in [1.807, 2.05) is 13.0 Å². The normalized spacial score (nSPS) is 10.7. The maximum absolute atomic E-state index is 11.9. The van der Waals surface area contributed by atoms with E-state index in [0.717, 1.165) is 5.56 Å². The summed E-state index contributed by atoms with van der Waals surface area (Å²) < 4.78 is 12.0. The summed E-state index contributed by atoms with van der Waals surface area (Å²) in [4.78, 5) is 35.6. The van der Waals surface area contributed by atoms with Crippen molar-refractivity contribution in [3.63, 3.8) is 0 Å². The van der Waals surface area contributed by atoms with Gasteiger partial charge in [-0.1, -0.05) is 23.7 Å². The van der Waals surface area contributed by atoms with Gasteiger partial charge in [0.05, 0.1) is 5.52 Å².